The number of carbonyl (C=O) groups excluding carboxylic acids is 1. The second-order valence-corrected chi connectivity index (χ2v) is 5.44. The number of ketones is 1. The summed E-state index contributed by atoms with van der Waals surface area (Å²) in [6.07, 6.45) is 8.52. The number of piperidine rings is 1. The molecule has 0 atom stereocenters. The lowest BCUT2D eigenvalue weighted by atomic mass is 10.1. The normalized spacial score (nSPS) is 16.2. The molecule has 3 rings (SSSR count). The van der Waals surface area contributed by atoms with Crippen LogP contribution in [0.3, 0.4) is 0 Å². The van der Waals surface area contributed by atoms with Crippen LogP contribution in [-0.4, -0.2) is 43.4 Å². The van der Waals surface area contributed by atoms with Gasteiger partial charge >= 0.3 is 0 Å². The van der Waals surface area contributed by atoms with E-state index < -0.39 is 0 Å². The molecule has 0 bridgehead atoms. The summed E-state index contributed by atoms with van der Waals surface area (Å²) in [5, 5.41) is 11.5. The first kappa shape index (κ1) is 13.9. The SMILES string of the molecule is Cn1ccnc1CCC(=O)c1cn(C2CCNCC2)nn1. The lowest BCUT2D eigenvalue weighted by molar-refractivity contribution is 0.0977. The van der Waals surface area contributed by atoms with Crippen molar-refractivity contribution in [3.63, 3.8) is 0 Å². The number of carbonyl (C=O) groups is 1. The van der Waals surface area contributed by atoms with Crippen molar-refractivity contribution in [3.8, 4) is 0 Å². The molecule has 1 saturated heterocycles. The lowest BCUT2D eigenvalue weighted by Gasteiger charge is -2.22. The Morgan fingerprint density at radius 3 is 2.95 bits per heavy atom. The standard InChI is InChI=1S/C14H20N6O/c1-19-9-8-16-14(19)3-2-13(21)12-10-20(18-17-12)11-4-6-15-7-5-11/h8-11,15H,2-7H2,1H3. The van der Waals surface area contributed by atoms with Gasteiger partial charge in [0.1, 0.15) is 11.5 Å². The van der Waals surface area contributed by atoms with Crippen molar-refractivity contribution in [2.24, 2.45) is 7.05 Å². The Labute approximate surface area is 123 Å². The number of nitrogens with one attached hydrogen (secondary N) is 1. The first-order valence-electron chi connectivity index (χ1n) is 7.36. The highest BCUT2D eigenvalue weighted by molar-refractivity contribution is 5.93. The van der Waals surface area contributed by atoms with Crippen LogP contribution >= 0.6 is 0 Å². The number of aromatic nitrogens is 5. The van der Waals surface area contributed by atoms with Crippen molar-refractivity contribution >= 4 is 5.78 Å². The van der Waals surface area contributed by atoms with Gasteiger partial charge in [-0.3, -0.25) is 4.79 Å². The number of nitrogens with zero attached hydrogens (tertiary/aromatic N) is 5. The van der Waals surface area contributed by atoms with Crippen LogP contribution in [0, 0.1) is 0 Å². The lowest BCUT2D eigenvalue weighted by Crippen LogP contribution is -2.29. The van der Waals surface area contributed by atoms with Gasteiger partial charge in [0.25, 0.3) is 0 Å². The Morgan fingerprint density at radius 1 is 1.43 bits per heavy atom. The van der Waals surface area contributed by atoms with Gasteiger partial charge in [0.05, 0.1) is 12.2 Å². The van der Waals surface area contributed by atoms with Crippen LogP contribution < -0.4 is 5.32 Å². The molecule has 1 fully saturated rings. The number of hydrogen-bond acceptors (Lipinski definition) is 5. The quantitative estimate of drug-likeness (QED) is 0.822. The zero-order valence-electron chi connectivity index (χ0n) is 12.2. The third-order valence-corrected chi connectivity index (χ3v) is 3.98. The molecule has 21 heavy (non-hydrogen) atoms. The van der Waals surface area contributed by atoms with Gasteiger partial charge in [-0.1, -0.05) is 5.21 Å². The summed E-state index contributed by atoms with van der Waals surface area (Å²) in [6, 6.07) is 0.356. The Bertz CT molecular complexity index is 611. The minimum atomic E-state index is 0.0261. The van der Waals surface area contributed by atoms with Gasteiger partial charge in [0.2, 0.25) is 0 Å². The van der Waals surface area contributed by atoms with Gasteiger partial charge < -0.3 is 9.88 Å². The summed E-state index contributed by atoms with van der Waals surface area (Å²) in [4.78, 5) is 16.4. The van der Waals surface area contributed by atoms with Crippen molar-refractivity contribution in [3.05, 3.63) is 30.1 Å². The zero-order chi connectivity index (χ0) is 14.7. The Hall–Kier alpha value is -2.02. The fraction of sp³-hybridized carbons (Fsp3) is 0.571. The minimum absolute atomic E-state index is 0.0261. The van der Waals surface area contributed by atoms with Crippen LogP contribution in [0.25, 0.3) is 0 Å². The van der Waals surface area contributed by atoms with Gasteiger partial charge in [0, 0.05) is 32.3 Å². The monoisotopic (exact) mass is 288 g/mol. The van der Waals surface area contributed by atoms with Gasteiger partial charge in [-0.05, 0) is 25.9 Å². The van der Waals surface area contributed by atoms with Crippen LogP contribution in [-0.2, 0) is 13.5 Å². The number of imidazole rings is 1. The summed E-state index contributed by atoms with van der Waals surface area (Å²) >= 11 is 0. The average molecular weight is 288 g/mol. The van der Waals surface area contributed by atoms with E-state index in [1.54, 1.807) is 12.4 Å². The van der Waals surface area contributed by atoms with Crippen molar-refractivity contribution in [2.45, 2.75) is 31.7 Å². The topological polar surface area (TPSA) is 77.6 Å². The molecule has 2 aromatic rings. The largest absolute Gasteiger partial charge is 0.338 e. The molecule has 0 aliphatic carbocycles. The molecule has 3 heterocycles. The molecular weight excluding hydrogens is 268 g/mol. The van der Waals surface area contributed by atoms with Crippen LogP contribution in [0.1, 0.15) is 41.6 Å². The molecule has 1 aliphatic rings. The van der Waals surface area contributed by atoms with Crippen molar-refractivity contribution < 1.29 is 4.79 Å². The molecule has 7 heteroatoms. The van der Waals surface area contributed by atoms with Crippen LogP contribution in [0.5, 0.6) is 0 Å². The highest BCUT2D eigenvalue weighted by Crippen LogP contribution is 2.17. The molecule has 1 aliphatic heterocycles. The van der Waals surface area contributed by atoms with Crippen LogP contribution in [0.4, 0.5) is 0 Å². The van der Waals surface area contributed by atoms with Crippen LogP contribution in [0.15, 0.2) is 18.6 Å². The van der Waals surface area contributed by atoms with Gasteiger partial charge in [-0.15, -0.1) is 5.10 Å². The zero-order valence-corrected chi connectivity index (χ0v) is 12.2. The molecule has 0 saturated carbocycles. The van der Waals surface area contributed by atoms with Gasteiger partial charge in [-0.2, -0.15) is 0 Å². The summed E-state index contributed by atoms with van der Waals surface area (Å²) in [7, 11) is 1.93. The van der Waals surface area contributed by atoms with E-state index in [-0.39, 0.29) is 5.78 Å². The maximum atomic E-state index is 12.2. The average Bonchev–Trinajstić information content (AvgIpc) is 3.15. The number of Topliss-reactive ketones (excluding diaryl/α,β-unsaturated/α-hetero) is 1. The molecule has 7 nitrogen and oxygen atoms in total. The predicted octanol–water partition coefficient (Wildman–Crippen LogP) is 0.752. The first-order chi connectivity index (χ1) is 10.2. The van der Waals surface area contributed by atoms with E-state index in [4.69, 9.17) is 0 Å². The highest BCUT2D eigenvalue weighted by Gasteiger charge is 2.18. The highest BCUT2D eigenvalue weighted by atomic mass is 16.1. The summed E-state index contributed by atoms with van der Waals surface area (Å²) in [5.41, 5.74) is 0.461. The fourth-order valence-electron chi connectivity index (χ4n) is 2.64. The molecule has 0 radical (unpaired) electrons. The van der Waals surface area contributed by atoms with Crippen molar-refractivity contribution in [1.29, 1.82) is 0 Å². The van der Waals surface area contributed by atoms with E-state index in [9.17, 15) is 4.79 Å². The van der Waals surface area contributed by atoms with Crippen LogP contribution in [0.2, 0.25) is 0 Å². The number of aryl methyl sites for hydroxylation is 2. The maximum Gasteiger partial charge on any atom is 0.185 e. The molecule has 0 unspecified atom stereocenters. The fourth-order valence-corrected chi connectivity index (χ4v) is 2.64. The minimum Gasteiger partial charge on any atom is -0.338 e. The van der Waals surface area contributed by atoms with Gasteiger partial charge in [-0.25, -0.2) is 9.67 Å². The molecule has 112 valence electrons. The van der Waals surface area contributed by atoms with Crippen molar-refractivity contribution in [1.82, 2.24) is 29.9 Å². The van der Waals surface area contributed by atoms with E-state index in [2.05, 4.69) is 20.6 Å². The number of rotatable bonds is 5. The van der Waals surface area contributed by atoms with E-state index in [1.165, 1.54) is 0 Å². The summed E-state index contributed by atoms with van der Waals surface area (Å²) < 4.78 is 3.77. The molecule has 0 amide bonds. The summed E-state index contributed by atoms with van der Waals surface area (Å²) in [6.45, 7) is 1.99. The maximum absolute atomic E-state index is 12.2. The van der Waals surface area contributed by atoms with Gasteiger partial charge in [0.15, 0.2) is 5.78 Å². The molecule has 2 aromatic heterocycles. The van der Waals surface area contributed by atoms with E-state index in [0.717, 1.165) is 31.8 Å². The third kappa shape index (κ3) is 3.18. The Kier molecular flexibility index (Phi) is 4.10. The number of hydrogen-bond donors (Lipinski definition) is 1. The molecular formula is C14H20N6O. The van der Waals surface area contributed by atoms with E-state index >= 15 is 0 Å². The predicted molar refractivity (Wildman–Crippen MR) is 77.0 cm³/mol. The van der Waals surface area contributed by atoms with E-state index in [1.807, 2.05) is 22.5 Å². The molecule has 1 N–H and O–H groups in total. The Morgan fingerprint density at radius 2 is 2.24 bits per heavy atom. The van der Waals surface area contributed by atoms with E-state index in [0.29, 0.717) is 24.6 Å². The third-order valence-electron chi connectivity index (χ3n) is 3.98. The Balaban J connectivity index is 1.60. The second-order valence-electron chi connectivity index (χ2n) is 5.44. The summed E-state index contributed by atoms with van der Waals surface area (Å²) in [5.74, 6) is 0.937. The van der Waals surface area contributed by atoms with Crippen molar-refractivity contribution in [2.75, 3.05) is 13.1 Å². The second kappa shape index (κ2) is 6.17. The first-order valence-corrected chi connectivity index (χ1v) is 7.36. The molecule has 0 aromatic carbocycles. The molecule has 0 spiro atoms. The smallest absolute Gasteiger partial charge is 0.185 e.